The van der Waals surface area contributed by atoms with Gasteiger partial charge < -0.3 is 11.1 Å². The molecule has 3 N–H and O–H groups in total. The summed E-state index contributed by atoms with van der Waals surface area (Å²) in [5, 5.41) is 2.75. The number of nitrogens with one attached hydrogen (secondary N) is 1. The molecule has 2 rings (SSSR count). The molecule has 0 fully saturated rings. The van der Waals surface area contributed by atoms with E-state index in [1.807, 2.05) is 0 Å². The van der Waals surface area contributed by atoms with Gasteiger partial charge in [-0.05, 0) is 30.3 Å². The highest BCUT2D eigenvalue weighted by atomic mass is 79.9. The molecule has 0 aliphatic rings. The number of benzene rings is 2. The van der Waals surface area contributed by atoms with Crippen molar-refractivity contribution in [3.8, 4) is 0 Å². The van der Waals surface area contributed by atoms with Crippen LogP contribution in [0.1, 0.15) is 0 Å². The molecule has 0 aliphatic carbocycles. The Bertz CT molecular complexity index is 558. The molecule has 0 aromatic heterocycles. The van der Waals surface area contributed by atoms with E-state index in [0.29, 0.717) is 11.4 Å². The number of nitrogens with two attached hydrogens (primary N) is 1. The largest absolute Gasteiger partial charge is 0.397 e. The highest BCUT2D eigenvalue weighted by molar-refractivity contribution is 9.10. The van der Waals surface area contributed by atoms with Crippen LogP contribution in [-0.2, 0) is 0 Å². The van der Waals surface area contributed by atoms with Crippen molar-refractivity contribution in [2.75, 3.05) is 11.1 Å². The first-order chi connectivity index (χ1) is 8.08. The molecule has 2 aromatic rings. The van der Waals surface area contributed by atoms with E-state index in [1.165, 1.54) is 12.1 Å². The molecule has 0 aliphatic heterocycles. The van der Waals surface area contributed by atoms with Crippen LogP contribution in [0, 0.1) is 11.6 Å². The molecule has 0 amide bonds. The Morgan fingerprint density at radius 1 is 1.06 bits per heavy atom. The van der Waals surface area contributed by atoms with Crippen molar-refractivity contribution >= 4 is 33.0 Å². The van der Waals surface area contributed by atoms with E-state index in [9.17, 15) is 8.78 Å². The number of halogens is 3. The third kappa shape index (κ3) is 2.55. The maximum Gasteiger partial charge on any atom is 0.182 e. The topological polar surface area (TPSA) is 38.0 Å². The fourth-order valence-corrected chi connectivity index (χ4v) is 1.77. The zero-order valence-electron chi connectivity index (χ0n) is 8.68. The van der Waals surface area contributed by atoms with Crippen LogP contribution in [0.15, 0.2) is 40.9 Å². The van der Waals surface area contributed by atoms with E-state index in [0.717, 1.165) is 10.5 Å². The van der Waals surface area contributed by atoms with E-state index in [4.69, 9.17) is 5.73 Å². The second kappa shape index (κ2) is 4.71. The summed E-state index contributed by atoms with van der Waals surface area (Å²) in [6.45, 7) is 0. The van der Waals surface area contributed by atoms with Gasteiger partial charge in [0.15, 0.2) is 11.6 Å². The van der Waals surface area contributed by atoms with Gasteiger partial charge >= 0.3 is 0 Å². The van der Waals surface area contributed by atoms with E-state index in [1.54, 1.807) is 18.2 Å². The van der Waals surface area contributed by atoms with Crippen LogP contribution in [0.2, 0.25) is 0 Å². The lowest BCUT2D eigenvalue weighted by atomic mass is 10.2. The minimum absolute atomic E-state index is 0.0547. The quantitative estimate of drug-likeness (QED) is 0.821. The summed E-state index contributed by atoms with van der Waals surface area (Å²) < 4.78 is 27.2. The smallest absolute Gasteiger partial charge is 0.182 e. The van der Waals surface area contributed by atoms with Gasteiger partial charge in [-0.25, -0.2) is 8.78 Å². The summed E-state index contributed by atoms with van der Waals surface area (Å²) in [6, 6.07) is 9.06. The van der Waals surface area contributed by atoms with Crippen molar-refractivity contribution in [2.24, 2.45) is 0 Å². The molecular weight excluding hydrogens is 290 g/mol. The first kappa shape index (κ1) is 11.9. The number of hydrogen-bond acceptors (Lipinski definition) is 2. The van der Waals surface area contributed by atoms with Gasteiger partial charge in [-0.1, -0.05) is 22.0 Å². The predicted octanol–water partition coefficient (Wildman–Crippen LogP) is 4.05. The molecule has 2 aromatic carbocycles. The molecule has 0 unspecified atom stereocenters. The summed E-state index contributed by atoms with van der Waals surface area (Å²) in [6.07, 6.45) is 0. The molecule has 0 radical (unpaired) electrons. The lowest BCUT2D eigenvalue weighted by molar-refractivity contribution is 0.512. The van der Waals surface area contributed by atoms with Gasteiger partial charge in [0, 0.05) is 4.47 Å². The highest BCUT2D eigenvalue weighted by Gasteiger charge is 2.08. The number of nitrogen functional groups attached to an aromatic ring is 1. The molecule has 17 heavy (non-hydrogen) atoms. The van der Waals surface area contributed by atoms with Gasteiger partial charge in [-0.15, -0.1) is 0 Å². The molecule has 5 heteroatoms. The average Bonchev–Trinajstić information content (AvgIpc) is 2.28. The van der Waals surface area contributed by atoms with Crippen molar-refractivity contribution in [1.29, 1.82) is 0 Å². The van der Waals surface area contributed by atoms with E-state index in [-0.39, 0.29) is 5.69 Å². The molecule has 0 spiro atoms. The Labute approximate surface area is 106 Å². The molecule has 0 saturated heterocycles. The molecule has 2 nitrogen and oxygen atoms in total. The summed E-state index contributed by atoms with van der Waals surface area (Å²) in [4.78, 5) is 0. The van der Waals surface area contributed by atoms with Crippen LogP contribution in [0.3, 0.4) is 0 Å². The van der Waals surface area contributed by atoms with Gasteiger partial charge in [0.2, 0.25) is 0 Å². The van der Waals surface area contributed by atoms with E-state index >= 15 is 0 Å². The number of rotatable bonds is 2. The van der Waals surface area contributed by atoms with Gasteiger partial charge in [0.25, 0.3) is 0 Å². The predicted molar refractivity (Wildman–Crippen MR) is 68.2 cm³/mol. The van der Waals surface area contributed by atoms with Crippen LogP contribution >= 0.6 is 15.9 Å². The lowest BCUT2D eigenvalue weighted by Gasteiger charge is -2.10. The number of anilines is 3. The summed E-state index contributed by atoms with van der Waals surface area (Å²) in [5.74, 6) is -1.82. The summed E-state index contributed by atoms with van der Waals surface area (Å²) >= 11 is 3.27. The van der Waals surface area contributed by atoms with Gasteiger partial charge in [-0.3, -0.25) is 0 Å². The third-order valence-corrected chi connectivity index (χ3v) is 2.73. The zero-order chi connectivity index (χ0) is 12.4. The molecular formula is C12H9BrF2N2. The van der Waals surface area contributed by atoms with Gasteiger partial charge in [0.05, 0.1) is 17.1 Å². The summed E-state index contributed by atoms with van der Waals surface area (Å²) in [5.41, 5.74) is 6.78. The first-order valence-corrected chi connectivity index (χ1v) is 5.63. The SMILES string of the molecule is Nc1cc(Br)ccc1Nc1cccc(F)c1F. The highest BCUT2D eigenvalue weighted by Crippen LogP contribution is 2.28. The van der Waals surface area contributed by atoms with Crippen LogP contribution in [0.25, 0.3) is 0 Å². The normalized spacial score (nSPS) is 10.3. The van der Waals surface area contributed by atoms with Gasteiger partial charge in [0.1, 0.15) is 0 Å². The monoisotopic (exact) mass is 298 g/mol. The molecule has 88 valence electrons. The Morgan fingerprint density at radius 2 is 1.82 bits per heavy atom. The molecule has 0 heterocycles. The molecule has 0 atom stereocenters. The van der Waals surface area contributed by atoms with Crippen molar-refractivity contribution < 1.29 is 8.78 Å². The number of hydrogen-bond donors (Lipinski definition) is 2. The Kier molecular flexibility index (Phi) is 3.28. The summed E-state index contributed by atoms with van der Waals surface area (Å²) in [7, 11) is 0. The van der Waals surface area contributed by atoms with Crippen LogP contribution < -0.4 is 11.1 Å². The second-order valence-electron chi connectivity index (χ2n) is 3.46. The fourth-order valence-electron chi connectivity index (χ4n) is 1.39. The van der Waals surface area contributed by atoms with Crippen molar-refractivity contribution in [2.45, 2.75) is 0 Å². The Morgan fingerprint density at radius 3 is 2.53 bits per heavy atom. The van der Waals surface area contributed by atoms with Crippen LogP contribution in [0.5, 0.6) is 0 Å². The molecule has 0 bridgehead atoms. The standard InChI is InChI=1S/C12H9BrF2N2/c13-7-4-5-10(9(16)6-7)17-11-3-1-2-8(14)12(11)15/h1-6,17H,16H2. The minimum atomic E-state index is -0.921. The Balaban J connectivity index is 2.35. The lowest BCUT2D eigenvalue weighted by Crippen LogP contribution is -1.99. The van der Waals surface area contributed by atoms with E-state index in [2.05, 4.69) is 21.2 Å². The maximum absolute atomic E-state index is 13.4. The van der Waals surface area contributed by atoms with Crippen LogP contribution in [0.4, 0.5) is 25.8 Å². The Hall–Kier alpha value is -1.62. The van der Waals surface area contributed by atoms with E-state index < -0.39 is 11.6 Å². The minimum Gasteiger partial charge on any atom is -0.397 e. The maximum atomic E-state index is 13.4. The fraction of sp³-hybridized carbons (Fsp3) is 0. The molecule has 0 saturated carbocycles. The first-order valence-electron chi connectivity index (χ1n) is 4.84. The zero-order valence-corrected chi connectivity index (χ0v) is 10.3. The second-order valence-corrected chi connectivity index (χ2v) is 4.37. The van der Waals surface area contributed by atoms with Crippen LogP contribution in [-0.4, -0.2) is 0 Å². The third-order valence-electron chi connectivity index (χ3n) is 2.23. The van der Waals surface area contributed by atoms with Crippen molar-refractivity contribution in [3.63, 3.8) is 0 Å². The average molecular weight is 299 g/mol. The van der Waals surface area contributed by atoms with Crippen molar-refractivity contribution in [1.82, 2.24) is 0 Å². The van der Waals surface area contributed by atoms with Gasteiger partial charge in [-0.2, -0.15) is 0 Å². The van der Waals surface area contributed by atoms with Crippen molar-refractivity contribution in [3.05, 3.63) is 52.5 Å².